The number of nitrogen functional groups attached to an aromatic ring is 1. The summed E-state index contributed by atoms with van der Waals surface area (Å²) in [7, 11) is 0. The summed E-state index contributed by atoms with van der Waals surface area (Å²) in [6.45, 7) is 10.4. The molecule has 0 aliphatic carbocycles. The van der Waals surface area contributed by atoms with Gasteiger partial charge in [-0.2, -0.15) is 0 Å². The first-order valence-electron chi connectivity index (χ1n) is 13.5. The van der Waals surface area contributed by atoms with Crippen molar-refractivity contribution in [1.29, 1.82) is 0 Å². The number of ether oxygens (including phenoxy) is 2. The first kappa shape index (κ1) is 25.7. The minimum absolute atomic E-state index is 0.149. The number of aromatic nitrogens is 1. The summed E-state index contributed by atoms with van der Waals surface area (Å²) in [4.78, 5) is 35.7. The Labute approximate surface area is 232 Å². The molecule has 0 bridgehead atoms. The number of thiophene rings is 1. The van der Waals surface area contributed by atoms with Gasteiger partial charge in [-0.3, -0.25) is 4.79 Å². The van der Waals surface area contributed by atoms with Gasteiger partial charge in [0.05, 0.1) is 17.8 Å². The van der Waals surface area contributed by atoms with Crippen molar-refractivity contribution in [2.24, 2.45) is 5.92 Å². The van der Waals surface area contributed by atoms with E-state index in [1.165, 1.54) is 11.3 Å². The predicted molar refractivity (Wildman–Crippen MR) is 153 cm³/mol. The Bertz CT molecular complexity index is 1450. The van der Waals surface area contributed by atoms with Crippen molar-refractivity contribution in [2.75, 3.05) is 36.9 Å². The van der Waals surface area contributed by atoms with Crippen LogP contribution in [-0.2, 0) is 11.2 Å². The molecule has 0 saturated carbocycles. The van der Waals surface area contributed by atoms with E-state index < -0.39 is 5.60 Å². The Morgan fingerprint density at radius 1 is 1.21 bits per heavy atom. The van der Waals surface area contributed by atoms with Crippen LogP contribution < -0.4 is 20.7 Å². The van der Waals surface area contributed by atoms with Crippen LogP contribution in [0, 0.1) is 12.8 Å². The Morgan fingerprint density at radius 3 is 2.82 bits per heavy atom. The van der Waals surface area contributed by atoms with E-state index in [0.29, 0.717) is 36.1 Å². The molecule has 0 radical (unpaired) electrons. The first-order valence-corrected chi connectivity index (χ1v) is 14.3. The Kier molecular flexibility index (Phi) is 6.32. The summed E-state index contributed by atoms with van der Waals surface area (Å²) < 4.78 is 11.7. The summed E-state index contributed by atoms with van der Waals surface area (Å²) in [5.41, 5.74) is 9.31. The van der Waals surface area contributed by atoms with Gasteiger partial charge in [-0.15, -0.1) is 11.3 Å². The molecule has 3 N–H and O–H groups in total. The zero-order valence-electron chi connectivity index (χ0n) is 22.8. The van der Waals surface area contributed by atoms with Gasteiger partial charge in [-0.25, -0.2) is 9.78 Å². The molecule has 206 valence electrons. The SMILES string of the molecule is Cc1ccc2c(N)c(C(=O)N[C@H]3COc4cc(N5CC6CCN(C(=O)OC(C)(C)C)CC65)ccc4C3)sc2n1. The van der Waals surface area contributed by atoms with E-state index >= 15 is 0 Å². The van der Waals surface area contributed by atoms with Gasteiger partial charge in [-0.05, 0) is 64.3 Å². The molecule has 2 amide bonds. The quantitative estimate of drug-likeness (QED) is 0.499. The number of nitrogens with two attached hydrogens (primary N) is 1. The number of anilines is 2. The molecule has 3 aliphatic heterocycles. The summed E-state index contributed by atoms with van der Waals surface area (Å²) >= 11 is 1.32. The lowest BCUT2D eigenvalue weighted by atomic mass is 9.82. The maximum atomic E-state index is 13.1. The van der Waals surface area contributed by atoms with Crippen molar-refractivity contribution in [2.45, 2.75) is 58.2 Å². The fourth-order valence-corrected chi connectivity index (χ4v) is 6.77. The minimum Gasteiger partial charge on any atom is -0.491 e. The maximum absolute atomic E-state index is 13.1. The topological polar surface area (TPSA) is 110 Å². The number of piperidine rings is 1. The summed E-state index contributed by atoms with van der Waals surface area (Å²) in [6, 6.07) is 10.3. The molecule has 39 heavy (non-hydrogen) atoms. The average Bonchev–Trinajstić information content (AvgIpc) is 3.19. The van der Waals surface area contributed by atoms with Gasteiger partial charge in [0.25, 0.3) is 5.91 Å². The lowest BCUT2D eigenvalue weighted by molar-refractivity contribution is 0.0107. The van der Waals surface area contributed by atoms with E-state index in [9.17, 15) is 9.59 Å². The molecular formula is C29H35N5O4S. The van der Waals surface area contributed by atoms with Gasteiger partial charge in [0.1, 0.15) is 27.7 Å². The molecule has 10 heteroatoms. The second kappa shape index (κ2) is 9.59. The van der Waals surface area contributed by atoms with Crippen molar-refractivity contribution in [3.63, 3.8) is 0 Å². The van der Waals surface area contributed by atoms with Crippen LogP contribution in [-0.4, -0.2) is 65.8 Å². The number of nitrogens with one attached hydrogen (secondary N) is 1. The molecule has 3 aromatic rings. The van der Waals surface area contributed by atoms with Gasteiger partial charge in [0, 0.05) is 48.4 Å². The number of fused-ring (bicyclic) bond motifs is 3. The van der Waals surface area contributed by atoms with Gasteiger partial charge < -0.3 is 30.3 Å². The summed E-state index contributed by atoms with van der Waals surface area (Å²) in [6.07, 6.45) is 1.43. The lowest BCUT2D eigenvalue weighted by Crippen LogP contribution is -2.65. The normalized spacial score (nSPS) is 22.4. The van der Waals surface area contributed by atoms with Crippen LogP contribution in [0.2, 0.25) is 0 Å². The Hall–Kier alpha value is -3.53. The Morgan fingerprint density at radius 2 is 2.03 bits per heavy atom. The zero-order chi connectivity index (χ0) is 27.5. The largest absolute Gasteiger partial charge is 0.491 e. The summed E-state index contributed by atoms with van der Waals surface area (Å²) in [5, 5.41) is 3.91. The molecule has 9 nitrogen and oxygen atoms in total. The monoisotopic (exact) mass is 549 g/mol. The maximum Gasteiger partial charge on any atom is 0.410 e. The molecule has 2 saturated heterocycles. The van der Waals surface area contributed by atoms with Gasteiger partial charge >= 0.3 is 6.09 Å². The van der Waals surface area contributed by atoms with Crippen LogP contribution in [0.1, 0.15) is 48.1 Å². The molecule has 3 aliphatic rings. The van der Waals surface area contributed by atoms with Crippen LogP contribution in [0.4, 0.5) is 16.2 Å². The van der Waals surface area contributed by atoms with Gasteiger partial charge in [0.2, 0.25) is 0 Å². The molecule has 0 spiro atoms. The number of aryl methyl sites for hydroxylation is 1. The zero-order valence-corrected chi connectivity index (χ0v) is 23.6. The number of carbonyl (C=O) groups excluding carboxylic acids is 2. The lowest BCUT2D eigenvalue weighted by Gasteiger charge is -2.54. The third-order valence-corrected chi connectivity index (χ3v) is 8.88. The van der Waals surface area contributed by atoms with E-state index in [0.717, 1.165) is 52.4 Å². The van der Waals surface area contributed by atoms with Crippen molar-refractivity contribution >= 4 is 44.9 Å². The van der Waals surface area contributed by atoms with E-state index in [-0.39, 0.29) is 24.1 Å². The van der Waals surface area contributed by atoms with E-state index in [4.69, 9.17) is 15.2 Å². The van der Waals surface area contributed by atoms with Crippen LogP contribution in [0.3, 0.4) is 0 Å². The highest BCUT2D eigenvalue weighted by atomic mass is 32.1. The number of nitrogens with zero attached hydrogens (tertiary/aromatic N) is 3. The van der Waals surface area contributed by atoms with Crippen molar-refractivity contribution in [1.82, 2.24) is 15.2 Å². The molecule has 2 aromatic heterocycles. The third-order valence-electron chi connectivity index (χ3n) is 7.77. The van der Waals surface area contributed by atoms with Gasteiger partial charge in [-0.1, -0.05) is 6.07 Å². The Balaban J connectivity index is 1.10. The standard InChI is InChI=1S/C29H35N5O4S/c1-16-5-8-21-24(30)25(39-27(21)31-16)26(35)32-19-11-17-6-7-20(12-23(17)37-15-19)34-13-18-9-10-33(14-22(18)34)28(36)38-29(2,3)4/h5-8,12,18-19,22H,9-11,13-15,30H2,1-4H3,(H,32,35)/t18?,19-,22?/m1/s1. The van der Waals surface area contributed by atoms with Crippen LogP contribution in [0.5, 0.6) is 5.75 Å². The van der Waals surface area contributed by atoms with Gasteiger partial charge in [0.15, 0.2) is 0 Å². The fraction of sp³-hybridized carbons (Fsp3) is 0.483. The smallest absolute Gasteiger partial charge is 0.410 e. The third kappa shape index (κ3) is 4.97. The summed E-state index contributed by atoms with van der Waals surface area (Å²) in [5.74, 6) is 1.24. The number of amides is 2. The number of hydrogen-bond acceptors (Lipinski definition) is 8. The fourth-order valence-electron chi connectivity index (χ4n) is 5.73. The predicted octanol–water partition coefficient (Wildman–Crippen LogP) is 4.37. The van der Waals surface area contributed by atoms with E-state index in [1.807, 2.05) is 44.7 Å². The molecule has 2 unspecified atom stereocenters. The second-order valence-corrected chi connectivity index (χ2v) is 12.8. The van der Waals surface area contributed by atoms with Crippen molar-refractivity contribution in [3.05, 3.63) is 46.5 Å². The average molecular weight is 550 g/mol. The highest BCUT2D eigenvalue weighted by Crippen LogP contribution is 2.40. The molecule has 5 heterocycles. The molecule has 3 atom stereocenters. The number of pyridine rings is 1. The second-order valence-electron chi connectivity index (χ2n) is 11.8. The van der Waals surface area contributed by atoms with Crippen molar-refractivity contribution < 1.29 is 19.1 Å². The molecule has 6 rings (SSSR count). The minimum atomic E-state index is -0.499. The number of hydrogen-bond donors (Lipinski definition) is 2. The highest BCUT2D eigenvalue weighted by Gasteiger charge is 2.44. The number of rotatable bonds is 3. The number of likely N-dealkylation sites (tertiary alicyclic amines) is 1. The van der Waals surface area contributed by atoms with Crippen LogP contribution in [0.15, 0.2) is 30.3 Å². The van der Waals surface area contributed by atoms with E-state index in [1.54, 1.807) is 0 Å². The molecule has 2 fully saturated rings. The van der Waals surface area contributed by atoms with Crippen LogP contribution >= 0.6 is 11.3 Å². The highest BCUT2D eigenvalue weighted by molar-refractivity contribution is 7.21. The number of benzene rings is 1. The first-order chi connectivity index (χ1) is 18.6. The van der Waals surface area contributed by atoms with Crippen molar-refractivity contribution in [3.8, 4) is 5.75 Å². The number of carbonyl (C=O) groups is 2. The molecular weight excluding hydrogens is 514 g/mol. The van der Waals surface area contributed by atoms with E-state index in [2.05, 4.69) is 33.4 Å². The molecule has 1 aromatic carbocycles. The van der Waals surface area contributed by atoms with Crippen LogP contribution in [0.25, 0.3) is 10.2 Å².